The molecule has 0 aliphatic heterocycles. The van der Waals surface area contributed by atoms with Gasteiger partial charge < -0.3 is 14.8 Å². The van der Waals surface area contributed by atoms with Crippen molar-refractivity contribution in [3.05, 3.63) is 30.2 Å². The van der Waals surface area contributed by atoms with Crippen molar-refractivity contribution in [1.82, 2.24) is 25.1 Å². The average Bonchev–Trinajstić information content (AvgIpc) is 2.94. The average molecular weight is 230 g/mol. The molecule has 2 N–H and O–H groups in total. The molecule has 7 nitrogen and oxygen atoms in total. The van der Waals surface area contributed by atoms with Crippen LogP contribution in [0.2, 0.25) is 0 Å². The van der Waals surface area contributed by atoms with E-state index in [-0.39, 0.29) is 0 Å². The Morgan fingerprint density at radius 2 is 2.29 bits per heavy atom. The molecule has 0 aliphatic carbocycles. The minimum atomic E-state index is 0.544. The van der Waals surface area contributed by atoms with Gasteiger partial charge >= 0.3 is 0 Å². The molecule has 3 rings (SSSR count). The normalized spacial score (nSPS) is 10.9. The highest BCUT2D eigenvalue weighted by Gasteiger charge is 2.06. The van der Waals surface area contributed by atoms with Crippen LogP contribution in [0.3, 0.4) is 0 Å². The molecule has 0 amide bonds. The number of H-pyrrole nitrogens is 1. The summed E-state index contributed by atoms with van der Waals surface area (Å²) in [6.45, 7) is 2.40. The fraction of sp³-hybridized carbons (Fsp3) is 0.200. The van der Waals surface area contributed by atoms with Crippen molar-refractivity contribution in [2.24, 2.45) is 0 Å². The van der Waals surface area contributed by atoms with Gasteiger partial charge in [-0.1, -0.05) is 5.16 Å². The van der Waals surface area contributed by atoms with Crippen molar-refractivity contribution in [2.75, 3.05) is 5.32 Å². The van der Waals surface area contributed by atoms with Crippen LogP contribution in [-0.2, 0) is 6.54 Å². The number of rotatable bonds is 3. The molecule has 7 heteroatoms. The lowest BCUT2D eigenvalue weighted by molar-refractivity contribution is 0.391. The SMILES string of the molecule is Cc1cc(CNc2ncnc3nc[nH]c23)no1. The summed E-state index contributed by atoms with van der Waals surface area (Å²) in [5.41, 5.74) is 2.25. The van der Waals surface area contributed by atoms with E-state index in [0.29, 0.717) is 18.0 Å². The summed E-state index contributed by atoms with van der Waals surface area (Å²) in [5.74, 6) is 1.49. The number of fused-ring (bicyclic) bond motifs is 1. The number of nitrogens with one attached hydrogen (secondary N) is 2. The van der Waals surface area contributed by atoms with E-state index in [9.17, 15) is 0 Å². The van der Waals surface area contributed by atoms with Gasteiger partial charge in [-0.3, -0.25) is 0 Å². The molecule has 0 unspecified atom stereocenters. The summed E-state index contributed by atoms with van der Waals surface area (Å²) in [7, 11) is 0. The maximum atomic E-state index is 4.98. The third kappa shape index (κ3) is 1.82. The molecule has 86 valence electrons. The van der Waals surface area contributed by atoms with Crippen LogP contribution in [0.25, 0.3) is 11.2 Å². The second-order valence-corrected chi connectivity index (χ2v) is 3.61. The molecule has 0 bridgehead atoms. The molecule has 3 aromatic heterocycles. The summed E-state index contributed by atoms with van der Waals surface area (Å²) in [6, 6.07) is 1.87. The monoisotopic (exact) mass is 230 g/mol. The number of aromatic nitrogens is 5. The molecule has 0 spiro atoms. The molecule has 0 aliphatic rings. The number of hydrogen-bond donors (Lipinski definition) is 2. The van der Waals surface area contributed by atoms with E-state index in [4.69, 9.17) is 4.52 Å². The minimum Gasteiger partial charge on any atom is -0.362 e. The highest BCUT2D eigenvalue weighted by Crippen LogP contribution is 2.15. The smallest absolute Gasteiger partial charge is 0.182 e. The molecular formula is C10H10N6O. The Hall–Kier alpha value is -2.44. The van der Waals surface area contributed by atoms with Crippen LogP contribution in [0.1, 0.15) is 11.5 Å². The van der Waals surface area contributed by atoms with Gasteiger partial charge in [0.05, 0.1) is 12.9 Å². The first kappa shape index (κ1) is 9.76. The zero-order chi connectivity index (χ0) is 11.7. The van der Waals surface area contributed by atoms with Gasteiger partial charge in [-0.15, -0.1) is 0 Å². The Kier molecular flexibility index (Phi) is 2.21. The molecule has 3 aromatic rings. The van der Waals surface area contributed by atoms with E-state index in [1.165, 1.54) is 6.33 Å². The summed E-state index contributed by atoms with van der Waals surface area (Å²) in [6.07, 6.45) is 3.06. The van der Waals surface area contributed by atoms with E-state index >= 15 is 0 Å². The summed E-state index contributed by atoms with van der Waals surface area (Å²) >= 11 is 0. The number of anilines is 1. The van der Waals surface area contributed by atoms with Crippen LogP contribution < -0.4 is 5.32 Å². The van der Waals surface area contributed by atoms with Gasteiger partial charge in [0.25, 0.3) is 0 Å². The number of imidazole rings is 1. The standard InChI is InChI=1S/C10H10N6O/c1-6-2-7(16-17-6)3-11-9-8-10(13-4-12-8)15-5-14-9/h2,4-5H,3H2,1H3,(H2,11,12,13,14,15). The number of aryl methyl sites for hydroxylation is 1. The quantitative estimate of drug-likeness (QED) is 0.703. The molecule has 0 atom stereocenters. The largest absolute Gasteiger partial charge is 0.362 e. The van der Waals surface area contributed by atoms with Gasteiger partial charge in [0.15, 0.2) is 11.5 Å². The van der Waals surface area contributed by atoms with Crippen LogP contribution in [-0.4, -0.2) is 25.1 Å². The number of nitrogens with zero attached hydrogens (tertiary/aromatic N) is 4. The van der Waals surface area contributed by atoms with Crippen LogP contribution in [0.4, 0.5) is 5.82 Å². The predicted octanol–water partition coefficient (Wildman–Crippen LogP) is 1.26. The summed E-state index contributed by atoms with van der Waals surface area (Å²) in [4.78, 5) is 15.2. The van der Waals surface area contributed by atoms with Gasteiger partial charge in [-0.25, -0.2) is 15.0 Å². The fourth-order valence-electron chi connectivity index (χ4n) is 1.57. The number of hydrogen-bond acceptors (Lipinski definition) is 6. The minimum absolute atomic E-state index is 0.544. The third-order valence-corrected chi connectivity index (χ3v) is 2.34. The fourth-order valence-corrected chi connectivity index (χ4v) is 1.57. The Morgan fingerprint density at radius 1 is 1.35 bits per heavy atom. The Bertz CT molecular complexity index is 643. The third-order valence-electron chi connectivity index (χ3n) is 2.34. The van der Waals surface area contributed by atoms with Crippen molar-refractivity contribution in [1.29, 1.82) is 0 Å². The Labute approximate surface area is 96.3 Å². The lowest BCUT2D eigenvalue weighted by atomic mass is 10.3. The highest BCUT2D eigenvalue weighted by atomic mass is 16.5. The van der Waals surface area contributed by atoms with Gasteiger partial charge in [0.2, 0.25) is 0 Å². The first-order chi connectivity index (χ1) is 8.33. The van der Waals surface area contributed by atoms with Gasteiger partial charge in [0.1, 0.15) is 23.3 Å². The zero-order valence-electron chi connectivity index (χ0n) is 9.14. The second-order valence-electron chi connectivity index (χ2n) is 3.61. The molecule has 0 saturated heterocycles. The summed E-state index contributed by atoms with van der Waals surface area (Å²) < 4.78 is 4.98. The van der Waals surface area contributed by atoms with E-state index in [2.05, 4.69) is 30.4 Å². The molecule has 17 heavy (non-hydrogen) atoms. The van der Waals surface area contributed by atoms with Crippen molar-refractivity contribution in [3.63, 3.8) is 0 Å². The summed E-state index contributed by atoms with van der Waals surface area (Å²) in [5, 5.41) is 7.05. The Balaban J connectivity index is 1.83. The molecule has 0 radical (unpaired) electrons. The highest BCUT2D eigenvalue weighted by molar-refractivity contribution is 5.81. The van der Waals surface area contributed by atoms with Crippen molar-refractivity contribution < 1.29 is 4.52 Å². The topological polar surface area (TPSA) is 92.5 Å². The maximum Gasteiger partial charge on any atom is 0.182 e. The molecule has 0 aromatic carbocycles. The molecule has 0 saturated carbocycles. The van der Waals surface area contributed by atoms with Crippen LogP contribution >= 0.6 is 0 Å². The molecule has 3 heterocycles. The van der Waals surface area contributed by atoms with E-state index in [1.54, 1.807) is 6.33 Å². The Morgan fingerprint density at radius 3 is 3.12 bits per heavy atom. The number of aromatic amines is 1. The first-order valence-corrected chi connectivity index (χ1v) is 5.13. The lowest BCUT2D eigenvalue weighted by Gasteiger charge is -2.02. The second kappa shape index (κ2) is 3.85. The first-order valence-electron chi connectivity index (χ1n) is 5.13. The van der Waals surface area contributed by atoms with Crippen molar-refractivity contribution >= 4 is 17.0 Å². The molecular weight excluding hydrogens is 220 g/mol. The maximum absolute atomic E-state index is 4.98. The van der Waals surface area contributed by atoms with Crippen LogP contribution in [0, 0.1) is 6.92 Å². The zero-order valence-corrected chi connectivity index (χ0v) is 9.14. The predicted molar refractivity (Wildman–Crippen MR) is 60.3 cm³/mol. The van der Waals surface area contributed by atoms with Gasteiger partial charge in [0, 0.05) is 6.07 Å². The van der Waals surface area contributed by atoms with Crippen molar-refractivity contribution in [2.45, 2.75) is 13.5 Å². The van der Waals surface area contributed by atoms with Crippen LogP contribution in [0.5, 0.6) is 0 Å². The van der Waals surface area contributed by atoms with Gasteiger partial charge in [-0.2, -0.15) is 0 Å². The molecule has 0 fully saturated rings. The van der Waals surface area contributed by atoms with E-state index in [0.717, 1.165) is 17.0 Å². The van der Waals surface area contributed by atoms with Gasteiger partial charge in [-0.05, 0) is 6.92 Å². The van der Waals surface area contributed by atoms with Crippen LogP contribution in [0.15, 0.2) is 23.2 Å². The van der Waals surface area contributed by atoms with E-state index in [1.807, 2.05) is 13.0 Å². The van der Waals surface area contributed by atoms with Crippen molar-refractivity contribution in [3.8, 4) is 0 Å². The lowest BCUT2D eigenvalue weighted by Crippen LogP contribution is -2.02. The van der Waals surface area contributed by atoms with E-state index < -0.39 is 0 Å².